The minimum absolute atomic E-state index is 0. The molecule has 1 aliphatic heterocycles. The van der Waals surface area contributed by atoms with Gasteiger partial charge in [0.25, 0.3) is 0 Å². The van der Waals surface area contributed by atoms with Crippen LogP contribution in [-0.4, -0.2) is 61.8 Å². The second-order valence-electron chi connectivity index (χ2n) is 7.36. The van der Waals surface area contributed by atoms with Gasteiger partial charge < -0.3 is 15.4 Å². The number of ether oxygens (including phenoxy) is 1. The van der Waals surface area contributed by atoms with E-state index in [0.717, 1.165) is 38.8 Å². The summed E-state index contributed by atoms with van der Waals surface area (Å²) in [4.78, 5) is 7.34. The predicted octanol–water partition coefficient (Wildman–Crippen LogP) is 3.46. The van der Waals surface area contributed by atoms with Crippen LogP contribution >= 0.6 is 24.0 Å². The summed E-state index contributed by atoms with van der Waals surface area (Å²) in [6.45, 7) is 15.3. The van der Waals surface area contributed by atoms with Crippen LogP contribution in [0.5, 0.6) is 0 Å². The van der Waals surface area contributed by atoms with Crippen LogP contribution in [0.3, 0.4) is 0 Å². The van der Waals surface area contributed by atoms with Crippen molar-refractivity contribution in [1.82, 2.24) is 15.5 Å². The van der Waals surface area contributed by atoms with Gasteiger partial charge in [0.15, 0.2) is 5.96 Å². The minimum Gasteiger partial charge on any atom is -0.379 e. The molecule has 2 rings (SSSR count). The topological polar surface area (TPSA) is 48.9 Å². The number of nitrogens with one attached hydrogen (secondary N) is 2. The van der Waals surface area contributed by atoms with E-state index in [0.29, 0.717) is 24.0 Å². The first-order chi connectivity index (χ1) is 12.5. The maximum absolute atomic E-state index is 5.55. The van der Waals surface area contributed by atoms with Crippen molar-refractivity contribution in [3.8, 4) is 0 Å². The number of nitrogens with zero attached hydrogens (tertiary/aromatic N) is 2. The van der Waals surface area contributed by atoms with Crippen LogP contribution in [0.2, 0.25) is 0 Å². The van der Waals surface area contributed by atoms with E-state index in [1.807, 2.05) is 0 Å². The lowest BCUT2D eigenvalue weighted by molar-refractivity contribution is -0.0165. The maximum Gasteiger partial charge on any atom is 0.191 e. The van der Waals surface area contributed by atoms with Gasteiger partial charge >= 0.3 is 0 Å². The van der Waals surface area contributed by atoms with Crippen LogP contribution in [-0.2, 0) is 4.74 Å². The van der Waals surface area contributed by atoms with E-state index >= 15 is 0 Å². The summed E-state index contributed by atoms with van der Waals surface area (Å²) in [5.74, 6) is 1.31. The molecule has 27 heavy (non-hydrogen) atoms. The Morgan fingerprint density at radius 1 is 1.26 bits per heavy atom. The van der Waals surface area contributed by atoms with Crippen molar-refractivity contribution < 1.29 is 4.74 Å². The fourth-order valence-electron chi connectivity index (χ4n) is 3.43. The summed E-state index contributed by atoms with van der Waals surface area (Å²) in [5.41, 5.74) is 1.35. The van der Waals surface area contributed by atoms with Gasteiger partial charge in [-0.2, -0.15) is 0 Å². The highest BCUT2D eigenvalue weighted by Gasteiger charge is 2.23. The van der Waals surface area contributed by atoms with Crippen molar-refractivity contribution in [3.63, 3.8) is 0 Å². The number of guanidine groups is 1. The molecule has 2 N–H and O–H groups in total. The lowest BCUT2D eigenvalue weighted by Gasteiger charge is -2.37. The van der Waals surface area contributed by atoms with Crippen molar-refractivity contribution >= 4 is 29.9 Å². The van der Waals surface area contributed by atoms with Gasteiger partial charge in [0.2, 0.25) is 0 Å². The average molecular weight is 488 g/mol. The highest BCUT2D eigenvalue weighted by Crippen LogP contribution is 2.18. The van der Waals surface area contributed by atoms with Crippen LogP contribution in [0.25, 0.3) is 0 Å². The molecule has 1 aliphatic rings. The molecule has 1 aromatic rings. The Labute approximate surface area is 182 Å². The Kier molecular flexibility index (Phi) is 11.3. The van der Waals surface area contributed by atoms with Gasteiger partial charge in [0.1, 0.15) is 0 Å². The van der Waals surface area contributed by atoms with E-state index < -0.39 is 0 Å². The van der Waals surface area contributed by atoms with Crippen molar-refractivity contribution in [2.45, 2.75) is 58.7 Å². The van der Waals surface area contributed by atoms with Crippen LogP contribution < -0.4 is 10.6 Å². The smallest absolute Gasteiger partial charge is 0.191 e. The Morgan fingerprint density at radius 2 is 1.96 bits per heavy atom. The largest absolute Gasteiger partial charge is 0.379 e. The SMILES string of the molecule is CCNC(=NCC(C)N1CCOCC1C)NC(C)C(C)c1ccccc1.I. The standard InChI is InChI=1S/C21H36N4O.HI/c1-6-22-21(23-14-16(2)25-12-13-26-15-17(25)3)24-19(5)18(4)20-10-8-7-9-11-20;/h7-11,16-19H,6,12-15H2,1-5H3,(H2,22,23,24);1H. The molecule has 4 atom stereocenters. The Bertz CT molecular complexity index is 554. The van der Waals surface area contributed by atoms with E-state index in [-0.39, 0.29) is 24.0 Å². The zero-order chi connectivity index (χ0) is 18.9. The number of rotatable bonds is 7. The molecule has 1 fully saturated rings. The molecule has 0 saturated carbocycles. The van der Waals surface area contributed by atoms with Gasteiger partial charge in [-0.3, -0.25) is 9.89 Å². The Balaban J connectivity index is 0.00000364. The molecular formula is C21H37IN4O. The molecule has 0 amide bonds. The third-order valence-electron chi connectivity index (χ3n) is 5.28. The minimum atomic E-state index is 0. The van der Waals surface area contributed by atoms with Crippen molar-refractivity contribution in [3.05, 3.63) is 35.9 Å². The van der Waals surface area contributed by atoms with E-state index in [1.165, 1.54) is 5.56 Å². The fraction of sp³-hybridized carbons (Fsp3) is 0.667. The van der Waals surface area contributed by atoms with E-state index in [4.69, 9.17) is 9.73 Å². The zero-order valence-corrected chi connectivity index (χ0v) is 19.8. The van der Waals surface area contributed by atoms with Gasteiger partial charge in [-0.15, -0.1) is 24.0 Å². The van der Waals surface area contributed by atoms with Gasteiger partial charge in [-0.25, -0.2) is 0 Å². The first-order valence-corrected chi connectivity index (χ1v) is 9.96. The van der Waals surface area contributed by atoms with E-state index in [1.54, 1.807) is 0 Å². The zero-order valence-electron chi connectivity index (χ0n) is 17.4. The molecule has 5 nitrogen and oxygen atoms in total. The average Bonchev–Trinajstić information content (AvgIpc) is 2.66. The van der Waals surface area contributed by atoms with Gasteiger partial charge in [-0.1, -0.05) is 37.3 Å². The van der Waals surface area contributed by atoms with Crippen molar-refractivity contribution in [2.75, 3.05) is 32.8 Å². The van der Waals surface area contributed by atoms with Crippen LogP contribution in [0.4, 0.5) is 0 Å². The first-order valence-electron chi connectivity index (χ1n) is 9.96. The summed E-state index contributed by atoms with van der Waals surface area (Å²) < 4.78 is 5.55. The number of morpholine rings is 1. The molecule has 6 heteroatoms. The molecule has 1 heterocycles. The number of hydrogen-bond acceptors (Lipinski definition) is 3. The highest BCUT2D eigenvalue weighted by atomic mass is 127. The lowest BCUT2D eigenvalue weighted by Crippen LogP contribution is -2.50. The number of benzene rings is 1. The van der Waals surface area contributed by atoms with Crippen LogP contribution in [0, 0.1) is 0 Å². The molecule has 1 saturated heterocycles. The Morgan fingerprint density at radius 3 is 2.59 bits per heavy atom. The van der Waals surface area contributed by atoms with Crippen molar-refractivity contribution in [2.24, 2.45) is 4.99 Å². The molecule has 154 valence electrons. The maximum atomic E-state index is 5.55. The molecule has 0 bridgehead atoms. The quantitative estimate of drug-likeness (QED) is 0.351. The summed E-state index contributed by atoms with van der Waals surface area (Å²) in [6, 6.07) is 11.8. The number of hydrogen-bond donors (Lipinski definition) is 2. The second-order valence-corrected chi connectivity index (χ2v) is 7.36. The molecule has 1 aromatic carbocycles. The van der Waals surface area contributed by atoms with E-state index in [2.05, 4.69) is 80.5 Å². The molecule has 0 spiro atoms. The summed E-state index contributed by atoms with van der Waals surface area (Å²) in [7, 11) is 0. The third-order valence-corrected chi connectivity index (χ3v) is 5.28. The number of aliphatic imine (C=N–C) groups is 1. The fourth-order valence-corrected chi connectivity index (χ4v) is 3.43. The van der Waals surface area contributed by atoms with Crippen LogP contribution in [0.15, 0.2) is 35.3 Å². The monoisotopic (exact) mass is 488 g/mol. The lowest BCUT2D eigenvalue weighted by atomic mass is 9.94. The van der Waals surface area contributed by atoms with Gasteiger partial charge in [0.05, 0.1) is 19.8 Å². The normalized spacial score (nSPS) is 21.7. The molecule has 4 unspecified atom stereocenters. The number of halogens is 1. The first kappa shape index (κ1) is 24.2. The van der Waals surface area contributed by atoms with E-state index in [9.17, 15) is 0 Å². The predicted molar refractivity (Wildman–Crippen MR) is 125 cm³/mol. The summed E-state index contributed by atoms with van der Waals surface area (Å²) >= 11 is 0. The summed E-state index contributed by atoms with van der Waals surface area (Å²) in [5, 5.41) is 6.97. The summed E-state index contributed by atoms with van der Waals surface area (Å²) in [6.07, 6.45) is 0. The second kappa shape index (κ2) is 12.6. The molecule has 0 aromatic heterocycles. The van der Waals surface area contributed by atoms with Gasteiger partial charge in [0, 0.05) is 37.1 Å². The molecular weight excluding hydrogens is 451 g/mol. The molecule has 0 radical (unpaired) electrons. The Hall–Kier alpha value is -0.860. The third kappa shape index (κ3) is 7.58. The van der Waals surface area contributed by atoms with Crippen molar-refractivity contribution in [1.29, 1.82) is 0 Å². The molecule has 0 aliphatic carbocycles. The van der Waals surface area contributed by atoms with Gasteiger partial charge in [-0.05, 0) is 33.3 Å². The highest BCUT2D eigenvalue weighted by molar-refractivity contribution is 14.0. The van der Waals surface area contributed by atoms with Crippen LogP contribution in [0.1, 0.15) is 46.1 Å².